The molecule has 0 fully saturated rings. The number of ether oxygens (including phenoxy) is 3. The van der Waals surface area contributed by atoms with Crippen LogP contribution in [0.25, 0.3) is 0 Å². The molecule has 0 radical (unpaired) electrons. The normalized spacial score (nSPS) is 13.5. The topological polar surface area (TPSA) is 65.0 Å². The van der Waals surface area contributed by atoms with Crippen molar-refractivity contribution in [1.82, 2.24) is 0 Å². The standard InChI is InChI=1S/C21H22ClF3O5/c1-13(9-20(26)27)14-3-6-16(7-4-14)29-11-17(28-2)12-30-19-8-5-15(10-18(19)22)21(23,24)25/h3-8,10,13,17H,9,11-12H2,1-2H3,(H,26,27). The Morgan fingerprint density at radius 2 is 1.73 bits per heavy atom. The van der Waals surface area contributed by atoms with E-state index in [0.29, 0.717) is 5.75 Å². The Kier molecular flexibility index (Phi) is 8.37. The minimum atomic E-state index is -4.48. The van der Waals surface area contributed by atoms with Gasteiger partial charge in [-0.15, -0.1) is 0 Å². The number of alkyl halides is 3. The molecule has 2 atom stereocenters. The van der Waals surface area contributed by atoms with E-state index >= 15 is 0 Å². The van der Waals surface area contributed by atoms with Gasteiger partial charge in [0.2, 0.25) is 0 Å². The van der Waals surface area contributed by atoms with E-state index in [9.17, 15) is 18.0 Å². The number of benzene rings is 2. The minimum absolute atomic E-state index is 0.0231. The number of methoxy groups -OCH3 is 1. The van der Waals surface area contributed by atoms with Crippen LogP contribution in [0.2, 0.25) is 5.02 Å². The predicted molar refractivity (Wildman–Crippen MR) is 105 cm³/mol. The Hall–Kier alpha value is -2.45. The summed E-state index contributed by atoms with van der Waals surface area (Å²) in [7, 11) is 1.46. The quantitative estimate of drug-likeness (QED) is 0.528. The van der Waals surface area contributed by atoms with Gasteiger partial charge in [0, 0.05) is 7.11 Å². The summed E-state index contributed by atoms with van der Waals surface area (Å²) in [5.41, 5.74) is 0.0286. The molecule has 2 aromatic carbocycles. The maximum absolute atomic E-state index is 12.7. The highest BCUT2D eigenvalue weighted by Crippen LogP contribution is 2.34. The van der Waals surface area contributed by atoms with Gasteiger partial charge < -0.3 is 19.3 Å². The highest BCUT2D eigenvalue weighted by atomic mass is 35.5. The van der Waals surface area contributed by atoms with E-state index in [2.05, 4.69) is 0 Å². The van der Waals surface area contributed by atoms with E-state index in [4.69, 9.17) is 30.9 Å². The van der Waals surface area contributed by atoms with E-state index in [1.54, 1.807) is 24.3 Å². The fourth-order valence-electron chi connectivity index (χ4n) is 2.62. The summed E-state index contributed by atoms with van der Waals surface area (Å²) in [4.78, 5) is 10.8. The van der Waals surface area contributed by atoms with Crippen molar-refractivity contribution >= 4 is 17.6 Å². The third kappa shape index (κ3) is 7.11. The smallest absolute Gasteiger partial charge is 0.416 e. The Labute approximate surface area is 177 Å². The number of carbonyl (C=O) groups is 1. The van der Waals surface area contributed by atoms with Crippen molar-refractivity contribution in [3.05, 3.63) is 58.6 Å². The first-order valence-electron chi connectivity index (χ1n) is 9.07. The number of carboxylic acids is 1. The Balaban J connectivity index is 1.88. The van der Waals surface area contributed by atoms with Crippen molar-refractivity contribution in [3.63, 3.8) is 0 Å². The molecule has 0 saturated heterocycles. The maximum Gasteiger partial charge on any atom is 0.416 e. The van der Waals surface area contributed by atoms with Crippen LogP contribution in [0.4, 0.5) is 13.2 Å². The largest absolute Gasteiger partial charge is 0.491 e. The maximum atomic E-state index is 12.7. The van der Waals surface area contributed by atoms with Gasteiger partial charge >= 0.3 is 12.1 Å². The zero-order valence-corrected chi connectivity index (χ0v) is 17.2. The minimum Gasteiger partial charge on any atom is -0.491 e. The van der Waals surface area contributed by atoms with Crippen LogP contribution < -0.4 is 9.47 Å². The van der Waals surface area contributed by atoms with Crippen LogP contribution in [0.15, 0.2) is 42.5 Å². The van der Waals surface area contributed by atoms with Gasteiger partial charge in [-0.25, -0.2) is 0 Å². The lowest BCUT2D eigenvalue weighted by atomic mass is 9.98. The number of hydrogen-bond acceptors (Lipinski definition) is 4. The third-order valence-corrected chi connectivity index (χ3v) is 4.68. The average molecular weight is 447 g/mol. The van der Waals surface area contributed by atoms with Crippen LogP contribution in [0.5, 0.6) is 11.5 Å². The first kappa shape index (κ1) is 23.8. The SMILES string of the molecule is COC(COc1ccc(C(C)CC(=O)O)cc1)COc1ccc(C(F)(F)F)cc1Cl. The second kappa shape index (κ2) is 10.5. The number of aliphatic carboxylic acids is 1. The molecule has 0 heterocycles. The van der Waals surface area contributed by atoms with Crippen LogP contribution >= 0.6 is 11.6 Å². The van der Waals surface area contributed by atoms with E-state index in [1.807, 2.05) is 6.92 Å². The molecular weight excluding hydrogens is 425 g/mol. The molecule has 30 heavy (non-hydrogen) atoms. The molecule has 1 N–H and O–H groups in total. The van der Waals surface area contributed by atoms with Gasteiger partial charge in [0.25, 0.3) is 0 Å². The monoisotopic (exact) mass is 446 g/mol. The molecule has 0 aliphatic carbocycles. The molecule has 0 saturated carbocycles. The second-order valence-electron chi connectivity index (χ2n) is 6.69. The molecule has 2 aromatic rings. The first-order chi connectivity index (χ1) is 14.1. The van der Waals surface area contributed by atoms with E-state index in [1.165, 1.54) is 7.11 Å². The average Bonchev–Trinajstić information content (AvgIpc) is 2.68. The van der Waals surface area contributed by atoms with Crippen molar-refractivity contribution in [1.29, 1.82) is 0 Å². The van der Waals surface area contributed by atoms with Crippen molar-refractivity contribution in [3.8, 4) is 11.5 Å². The molecule has 2 unspecified atom stereocenters. The predicted octanol–water partition coefficient (Wildman–Crippen LogP) is 5.41. The van der Waals surface area contributed by atoms with E-state index in [0.717, 1.165) is 23.8 Å². The molecule has 0 aromatic heterocycles. The Morgan fingerprint density at radius 3 is 2.27 bits per heavy atom. The van der Waals surface area contributed by atoms with E-state index < -0.39 is 23.8 Å². The number of hydrogen-bond donors (Lipinski definition) is 1. The van der Waals surface area contributed by atoms with Gasteiger partial charge in [-0.2, -0.15) is 13.2 Å². The number of rotatable bonds is 10. The molecule has 0 aliphatic heterocycles. The highest BCUT2D eigenvalue weighted by molar-refractivity contribution is 6.32. The summed E-state index contributed by atoms with van der Waals surface area (Å²) in [5.74, 6) is -0.302. The highest BCUT2D eigenvalue weighted by Gasteiger charge is 2.31. The molecule has 9 heteroatoms. The van der Waals surface area contributed by atoms with Gasteiger partial charge in [0.15, 0.2) is 0 Å². The lowest BCUT2D eigenvalue weighted by Crippen LogP contribution is -2.27. The zero-order chi connectivity index (χ0) is 22.3. The fraction of sp³-hybridized carbons (Fsp3) is 0.381. The van der Waals surface area contributed by atoms with Gasteiger partial charge in [-0.1, -0.05) is 30.7 Å². The molecular formula is C21H22ClF3O5. The summed E-state index contributed by atoms with van der Waals surface area (Å²) in [6.07, 6.45) is -4.93. The molecule has 0 bridgehead atoms. The lowest BCUT2D eigenvalue weighted by molar-refractivity contribution is -0.138. The van der Waals surface area contributed by atoms with Crippen LogP contribution in [0.3, 0.4) is 0 Å². The van der Waals surface area contributed by atoms with Crippen LogP contribution in [0, 0.1) is 0 Å². The summed E-state index contributed by atoms with van der Waals surface area (Å²) in [5, 5.41) is 8.72. The van der Waals surface area contributed by atoms with Crippen molar-refractivity contribution < 1.29 is 37.3 Å². The number of carboxylic acid groups (broad SMARTS) is 1. The molecule has 0 aliphatic rings. The van der Waals surface area contributed by atoms with Crippen molar-refractivity contribution in [2.24, 2.45) is 0 Å². The Morgan fingerprint density at radius 1 is 1.10 bits per heavy atom. The summed E-state index contributed by atoms with van der Waals surface area (Å²) in [6.45, 7) is 1.99. The molecule has 0 spiro atoms. The van der Waals surface area contributed by atoms with Gasteiger partial charge in [0.05, 0.1) is 17.0 Å². The molecule has 164 valence electrons. The van der Waals surface area contributed by atoms with Crippen LogP contribution in [0.1, 0.15) is 30.4 Å². The lowest BCUT2D eigenvalue weighted by Gasteiger charge is -2.18. The summed E-state index contributed by atoms with van der Waals surface area (Å²) in [6, 6.07) is 9.92. The molecule has 5 nitrogen and oxygen atoms in total. The fourth-order valence-corrected chi connectivity index (χ4v) is 2.86. The van der Waals surface area contributed by atoms with Crippen LogP contribution in [-0.2, 0) is 15.7 Å². The van der Waals surface area contributed by atoms with Crippen molar-refractivity contribution in [2.75, 3.05) is 20.3 Å². The van der Waals surface area contributed by atoms with E-state index in [-0.39, 0.29) is 36.3 Å². The third-order valence-electron chi connectivity index (χ3n) is 4.38. The van der Waals surface area contributed by atoms with Gasteiger partial charge in [-0.3, -0.25) is 4.79 Å². The zero-order valence-electron chi connectivity index (χ0n) is 16.4. The number of halogens is 4. The molecule has 0 amide bonds. The Bertz CT molecular complexity index is 840. The van der Waals surface area contributed by atoms with Crippen LogP contribution in [-0.4, -0.2) is 37.5 Å². The molecule has 2 rings (SSSR count). The van der Waals surface area contributed by atoms with Crippen molar-refractivity contribution in [2.45, 2.75) is 31.5 Å². The first-order valence-corrected chi connectivity index (χ1v) is 9.44. The van der Waals surface area contributed by atoms with Gasteiger partial charge in [0.1, 0.15) is 30.8 Å². The second-order valence-corrected chi connectivity index (χ2v) is 7.10. The van der Waals surface area contributed by atoms with Gasteiger partial charge in [-0.05, 0) is 41.8 Å². The summed E-state index contributed by atoms with van der Waals surface area (Å²) < 4.78 is 54.5. The summed E-state index contributed by atoms with van der Waals surface area (Å²) >= 11 is 5.87.